The number of halogens is 2. The molecule has 0 aliphatic heterocycles. The van der Waals surface area contributed by atoms with E-state index >= 15 is 0 Å². The highest BCUT2D eigenvalue weighted by Gasteiger charge is 2.20. The van der Waals surface area contributed by atoms with Gasteiger partial charge in [-0.15, -0.1) is 0 Å². The predicted molar refractivity (Wildman–Crippen MR) is 112 cm³/mol. The summed E-state index contributed by atoms with van der Waals surface area (Å²) in [5.74, 6) is -2.66. The first-order valence-corrected chi connectivity index (χ1v) is 9.13. The van der Waals surface area contributed by atoms with Crippen LogP contribution in [0.15, 0.2) is 70.9 Å². The molecule has 0 saturated carbocycles. The molecule has 0 amide bonds. The summed E-state index contributed by atoms with van der Waals surface area (Å²) in [7, 11) is 1.68. The van der Waals surface area contributed by atoms with Gasteiger partial charge in [0.05, 0.1) is 35.0 Å². The molecule has 1 heterocycles. The molecule has 0 bridgehead atoms. The zero-order valence-corrected chi connectivity index (χ0v) is 16.5. The van der Waals surface area contributed by atoms with Crippen molar-refractivity contribution in [2.75, 3.05) is 7.05 Å². The Balaban J connectivity index is 1.96. The van der Waals surface area contributed by atoms with Crippen LogP contribution in [0.5, 0.6) is 0 Å². The molecule has 4 nitrogen and oxygen atoms in total. The van der Waals surface area contributed by atoms with E-state index in [1.54, 1.807) is 19.5 Å². The van der Waals surface area contributed by atoms with Gasteiger partial charge in [0, 0.05) is 19.7 Å². The molecule has 0 aliphatic carbocycles. The molecule has 0 radical (unpaired) electrons. The summed E-state index contributed by atoms with van der Waals surface area (Å²) >= 11 is 0. The summed E-state index contributed by atoms with van der Waals surface area (Å²) in [6.45, 7) is 6.92. The average molecular weight is 384 g/mol. The molecule has 6 heteroatoms. The Morgan fingerprint density at radius 2 is 1.96 bits per heavy atom. The van der Waals surface area contributed by atoms with E-state index in [2.05, 4.69) is 26.9 Å². The highest BCUT2D eigenvalue weighted by atomic mass is 19.3. The molecule has 0 saturated heterocycles. The van der Waals surface area contributed by atoms with E-state index in [4.69, 9.17) is 0 Å². The molecule has 2 aromatic rings. The van der Waals surface area contributed by atoms with Crippen LogP contribution in [0.2, 0.25) is 0 Å². The molecule has 1 unspecified atom stereocenters. The number of alkyl halides is 2. The van der Waals surface area contributed by atoms with Gasteiger partial charge >= 0.3 is 0 Å². The maximum absolute atomic E-state index is 13.0. The lowest BCUT2D eigenvalue weighted by molar-refractivity contribution is 0.0133. The topological polar surface area (TPSA) is 49.6 Å². The normalized spacial score (nSPS) is 13.5. The fraction of sp³-hybridized carbons (Fsp3) is 0.318. The first-order valence-electron chi connectivity index (χ1n) is 9.13. The standard InChI is InChI=1S/C22H26F2N4/c1-16(20-11-10-18(14-27-20)12-13-22(3,23)24)28-17(2)21(25-4)15-26-19-8-6-5-7-9-19/h5-11,14-16,28H,2,12-13H2,1,3-4H3. The van der Waals surface area contributed by atoms with Gasteiger partial charge in [-0.05, 0) is 44.0 Å². The second kappa shape index (κ2) is 9.88. The number of rotatable bonds is 9. The zero-order valence-electron chi connectivity index (χ0n) is 16.5. The monoisotopic (exact) mass is 384 g/mol. The number of hydrogen-bond acceptors (Lipinski definition) is 4. The Hall–Kier alpha value is -2.89. The largest absolute Gasteiger partial charge is 0.376 e. The highest BCUT2D eigenvalue weighted by molar-refractivity contribution is 6.38. The van der Waals surface area contributed by atoms with E-state index in [1.165, 1.54) is 0 Å². The molecule has 2 rings (SSSR count). The first kappa shape index (κ1) is 21.4. The van der Waals surface area contributed by atoms with E-state index < -0.39 is 5.92 Å². The smallest absolute Gasteiger partial charge is 0.245 e. The average Bonchev–Trinajstić information content (AvgIpc) is 2.67. The Kier molecular flexibility index (Phi) is 7.55. The first-order chi connectivity index (χ1) is 13.3. The fourth-order valence-electron chi connectivity index (χ4n) is 2.53. The lowest BCUT2D eigenvalue weighted by Crippen LogP contribution is -2.24. The number of pyridine rings is 1. The van der Waals surface area contributed by atoms with E-state index in [0.29, 0.717) is 17.8 Å². The van der Waals surface area contributed by atoms with Crippen molar-refractivity contribution in [1.29, 1.82) is 0 Å². The maximum Gasteiger partial charge on any atom is 0.245 e. The number of aromatic nitrogens is 1. The van der Waals surface area contributed by atoms with Gasteiger partial charge in [-0.25, -0.2) is 8.78 Å². The number of nitrogens with zero attached hydrogens (tertiary/aromatic N) is 3. The van der Waals surface area contributed by atoms with Crippen LogP contribution in [0.4, 0.5) is 14.5 Å². The Bertz CT molecular complexity index is 822. The third-order valence-electron chi connectivity index (χ3n) is 4.18. The minimum absolute atomic E-state index is 0.115. The van der Waals surface area contributed by atoms with Crippen LogP contribution < -0.4 is 5.32 Å². The van der Waals surface area contributed by atoms with Crippen molar-refractivity contribution in [3.8, 4) is 0 Å². The fourth-order valence-corrected chi connectivity index (χ4v) is 2.53. The van der Waals surface area contributed by atoms with E-state index in [-0.39, 0.29) is 12.5 Å². The Morgan fingerprint density at radius 1 is 1.25 bits per heavy atom. The Labute approximate surface area is 165 Å². The van der Waals surface area contributed by atoms with Gasteiger partial charge in [0.25, 0.3) is 0 Å². The van der Waals surface area contributed by atoms with E-state index in [0.717, 1.165) is 23.9 Å². The molecule has 28 heavy (non-hydrogen) atoms. The number of hydrogen-bond donors (Lipinski definition) is 1. The second-order valence-electron chi connectivity index (χ2n) is 6.71. The SMILES string of the molecule is C=C(NC(C)c1ccc(CCC(C)(F)F)cn1)C(C=Nc1ccccc1)=NC. The van der Waals surface area contributed by atoms with Crippen LogP contribution in [-0.4, -0.2) is 29.9 Å². The van der Waals surface area contributed by atoms with Crippen LogP contribution in [0.25, 0.3) is 0 Å². The second-order valence-corrected chi connectivity index (χ2v) is 6.71. The van der Waals surface area contributed by atoms with Crippen molar-refractivity contribution < 1.29 is 8.78 Å². The quantitative estimate of drug-likeness (QED) is 0.596. The van der Waals surface area contributed by atoms with Gasteiger partial charge in [0.2, 0.25) is 5.92 Å². The third-order valence-corrected chi connectivity index (χ3v) is 4.18. The molecular formula is C22H26F2N4. The summed E-state index contributed by atoms with van der Waals surface area (Å²) in [6.07, 6.45) is 3.43. The number of allylic oxidation sites excluding steroid dienone is 1. The van der Waals surface area contributed by atoms with Crippen molar-refractivity contribution in [2.45, 2.75) is 38.7 Å². The molecule has 1 atom stereocenters. The maximum atomic E-state index is 13.0. The van der Waals surface area contributed by atoms with Crippen molar-refractivity contribution in [3.63, 3.8) is 0 Å². The van der Waals surface area contributed by atoms with Gasteiger partial charge in [0.1, 0.15) is 0 Å². The molecule has 148 valence electrons. The lowest BCUT2D eigenvalue weighted by atomic mass is 10.1. The van der Waals surface area contributed by atoms with Gasteiger partial charge < -0.3 is 5.32 Å². The molecule has 1 aromatic carbocycles. The van der Waals surface area contributed by atoms with Crippen molar-refractivity contribution >= 4 is 17.6 Å². The number of benzene rings is 1. The summed E-state index contributed by atoms with van der Waals surface area (Å²) in [5, 5.41) is 3.26. The van der Waals surface area contributed by atoms with Crippen molar-refractivity contribution in [3.05, 3.63) is 72.2 Å². The van der Waals surface area contributed by atoms with Gasteiger partial charge in [-0.2, -0.15) is 0 Å². The van der Waals surface area contributed by atoms with Crippen LogP contribution in [0, 0.1) is 0 Å². The molecular weight excluding hydrogens is 358 g/mol. The van der Waals surface area contributed by atoms with Crippen LogP contribution >= 0.6 is 0 Å². The summed E-state index contributed by atoms with van der Waals surface area (Å²) < 4.78 is 26.0. The molecule has 0 aliphatic rings. The van der Waals surface area contributed by atoms with Gasteiger partial charge in [0.15, 0.2) is 0 Å². The van der Waals surface area contributed by atoms with Gasteiger partial charge in [-0.1, -0.05) is 30.8 Å². The Morgan fingerprint density at radius 3 is 2.54 bits per heavy atom. The van der Waals surface area contributed by atoms with E-state index in [1.807, 2.05) is 49.4 Å². The molecule has 1 N–H and O–H groups in total. The summed E-state index contributed by atoms with van der Waals surface area (Å²) in [6, 6.07) is 13.1. The van der Waals surface area contributed by atoms with Crippen molar-refractivity contribution in [1.82, 2.24) is 10.3 Å². The number of para-hydroxylation sites is 1. The predicted octanol–water partition coefficient (Wildman–Crippen LogP) is 5.31. The lowest BCUT2D eigenvalue weighted by Gasteiger charge is -2.17. The van der Waals surface area contributed by atoms with Gasteiger partial charge in [-0.3, -0.25) is 15.0 Å². The van der Waals surface area contributed by atoms with Crippen LogP contribution in [0.3, 0.4) is 0 Å². The minimum Gasteiger partial charge on any atom is -0.376 e. The highest BCUT2D eigenvalue weighted by Crippen LogP contribution is 2.20. The number of aryl methyl sites for hydroxylation is 1. The molecule has 1 aromatic heterocycles. The van der Waals surface area contributed by atoms with Crippen LogP contribution in [-0.2, 0) is 6.42 Å². The summed E-state index contributed by atoms with van der Waals surface area (Å²) in [4.78, 5) is 13.0. The minimum atomic E-state index is -2.66. The van der Waals surface area contributed by atoms with Crippen molar-refractivity contribution in [2.24, 2.45) is 9.98 Å². The molecule has 0 fully saturated rings. The molecule has 0 spiro atoms. The van der Waals surface area contributed by atoms with Crippen LogP contribution in [0.1, 0.15) is 37.6 Å². The number of nitrogens with one attached hydrogen (secondary N) is 1. The summed E-state index contributed by atoms with van der Waals surface area (Å²) in [5.41, 5.74) is 3.69. The third kappa shape index (κ3) is 7.02. The van der Waals surface area contributed by atoms with E-state index in [9.17, 15) is 8.78 Å². The zero-order chi connectivity index (χ0) is 20.6. The number of aliphatic imine (C=N–C) groups is 2.